The van der Waals surface area contributed by atoms with Crippen molar-refractivity contribution in [3.63, 3.8) is 0 Å². The molecule has 0 spiro atoms. The number of hydrogen-bond acceptors (Lipinski definition) is 4. The fraction of sp³-hybridized carbons (Fsp3) is 0.385. The van der Waals surface area contributed by atoms with Crippen LogP contribution in [0.25, 0.3) is 5.65 Å². The maximum atomic E-state index is 12.0. The lowest BCUT2D eigenvalue weighted by Crippen LogP contribution is -2.10. The number of imidazole rings is 1. The van der Waals surface area contributed by atoms with Crippen LogP contribution in [0.4, 0.5) is 0 Å². The second-order valence-electron chi connectivity index (χ2n) is 3.90. The lowest BCUT2D eigenvalue weighted by molar-refractivity contribution is 0.0517. The maximum Gasteiger partial charge on any atom is 0.357 e. The number of nitrogens with zero attached hydrogens (tertiary/aromatic N) is 2. The summed E-state index contributed by atoms with van der Waals surface area (Å²) in [5, 5.41) is 0.417. The molecule has 2 aromatic heterocycles. The van der Waals surface area contributed by atoms with Gasteiger partial charge in [-0.05, 0) is 13.3 Å². The minimum absolute atomic E-state index is 0.319. The molecule has 0 unspecified atom stereocenters. The Kier molecular flexibility index (Phi) is 3.95. The normalized spacial score (nSPS) is 10.7. The fourth-order valence-corrected chi connectivity index (χ4v) is 2.14. The van der Waals surface area contributed by atoms with Gasteiger partial charge in [-0.1, -0.05) is 18.5 Å². The molecule has 0 saturated carbocycles. The van der Waals surface area contributed by atoms with Crippen molar-refractivity contribution in [3.05, 3.63) is 28.7 Å². The summed E-state index contributed by atoms with van der Waals surface area (Å²) in [5.74, 6) is 0.130. The number of halogens is 1. The van der Waals surface area contributed by atoms with E-state index >= 15 is 0 Å². The van der Waals surface area contributed by atoms with Crippen LogP contribution in [0.3, 0.4) is 0 Å². The lowest BCUT2D eigenvalue weighted by atomic mass is 10.2. The van der Waals surface area contributed by atoms with Gasteiger partial charge in [0.1, 0.15) is 11.4 Å². The Hall–Kier alpha value is -1.75. The molecule has 19 heavy (non-hydrogen) atoms. The Morgan fingerprint density at radius 1 is 1.47 bits per heavy atom. The second-order valence-corrected chi connectivity index (χ2v) is 4.31. The van der Waals surface area contributed by atoms with Gasteiger partial charge in [0.2, 0.25) is 0 Å². The highest BCUT2D eigenvalue weighted by Crippen LogP contribution is 2.27. The molecule has 102 valence electrons. The third kappa shape index (κ3) is 2.38. The zero-order chi connectivity index (χ0) is 14.0. The van der Waals surface area contributed by atoms with Crippen LogP contribution in [0.5, 0.6) is 5.75 Å². The summed E-state index contributed by atoms with van der Waals surface area (Å²) in [4.78, 5) is 16.4. The predicted octanol–water partition coefficient (Wildman–Crippen LogP) is 2.74. The van der Waals surface area contributed by atoms with Crippen molar-refractivity contribution >= 4 is 23.2 Å². The van der Waals surface area contributed by atoms with Crippen LogP contribution in [0.1, 0.15) is 30.0 Å². The molecule has 0 aliphatic heterocycles. The second kappa shape index (κ2) is 5.48. The topological polar surface area (TPSA) is 52.8 Å². The molecule has 0 saturated heterocycles. The first kappa shape index (κ1) is 13.7. The number of pyridine rings is 1. The lowest BCUT2D eigenvalue weighted by Gasteiger charge is -2.06. The van der Waals surface area contributed by atoms with Gasteiger partial charge in [-0.2, -0.15) is 0 Å². The molecule has 2 heterocycles. The summed E-state index contributed by atoms with van der Waals surface area (Å²) in [6.07, 6.45) is 2.25. The zero-order valence-electron chi connectivity index (χ0n) is 11.1. The molecule has 0 bridgehead atoms. The van der Waals surface area contributed by atoms with Gasteiger partial charge in [0, 0.05) is 12.3 Å². The van der Waals surface area contributed by atoms with Crippen LogP contribution in [-0.4, -0.2) is 29.1 Å². The largest absolute Gasteiger partial charge is 0.495 e. The van der Waals surface area contributed by atoms with E-state index in [4.69, 9.17) is 21.1 Å². The summed E-state index contributed by atoms with van der Waals surface area (Å²) in [5.41, 5.74) is 1.72. The van der Waals surface area contributed by atoms with Crippen LogP contribution in [0.15, 0.2) is 12.3 Å². The molecule has 0 fully saturated rings. The predicted molar refractivity (Wildman–Crippen MR) is 72.1 cm³/mol. The molecule has 0 atom stereocenters. The zero-order valence-corrected chi connectivity index (χ0v) is 11.8. The number of esters is 1. The number of methoxy groups -OCH3 is 1. The Labute approximate surface area is 116 Å². The molecule has 0 N–H and O–H groups in total. The Balaban J connectivity index is 2.67. The minimum atomic E-state index is -0.395. The van der Waals surface area contributed by atoms with Crippen LogP contribution in [0.2, 0.25) is 5.02 Å². The average molecular weight is 283 g/mol. The van der Waals surface area contributed by atoms with E-state index in [0.717, 1.165) is 0 Å². The van der Waals surface area contributed by atoms with Gasteiger partial charge >= 0.3 is 5.97 Å². The number of rotatable bonds is 4. The van der Waals surface area contributed by atoms with Gasteiger partial charge in [-0.3, -0.25) is 4.40 Å². The first-order valence-corrected chi connectivity index (χ1v) is 6.41. The highest BCUT2D eigenvalue weighted by Gasteiger charge is 2.20. The quantitative estimate of drug-likeness (QED) is 0.809. The van der Waals surface area contributed by atoms with E-state index in [1.807, 2.05) is 6.92 Å². The molecule has 0 radical (unpaired) electrons. The molecule has 0 aromatic carbocycles. The van der Waals surface area contributed by atoms with E-state index in [1.54, 1.807) is 23.6 Å². The van der Waals surface area contributed by atoms with Crippen molar-refractivity contribution in [1.82, 2.24) is 9.38 Å². The molecule has 2 rings (SSSR count). The molecule has 2 aromatic rings. The third-order valence-electron chi connectivity index (χ3n) is 2.77. The highest BCUT2D eigenvalue weighted by atomic mass is 35.5. The number of carbonyl (C=O) groups excluding carboxylic acids is 1. The van der Waals surface area contributed by atoms with Crippen molar-refractivity contribution in [2.24, 2.45) is 0 Å². The monoisotopic (exact) mass is 282 g/mol. The Morgan fingerprint density at radius 2 is 2.21 bits per heavy atom. The Morgan fingerprint density at radius 3 is 2.79 bits per heavy atom. The van der Waals surface area contributed by atoms with Crippen molar-refractivity contribution < 1.29 is 14.3 Å². The van der Waals surface area contributed by atoms with Crippen molar-refractivity contribution in [3.8, 4) is 5.75 Å². The molecule has 0 aliphatic rings. The van der Waals surface area contributed by atoms with E-state index in [0.29, 0.717) is 40.8 Å². The SMILES string of the molecule is CCOC(=O)c1c(CC)nc2cc(OC)c(Cl)cn12. The summed E-state index contributed by atoms with van der Waals surface area (Å²) in [6, 6.07) is 1.70. The Bertz CT molecular complexity index is 622. The molecule has 0 amide bonds. The van der Waals surface area contributed by atoms with E-state index in [9.17, 15) is 4.79 Å². The van der Waals surface area contributed by atoms with Crippen LogP contribution in [-0.2, 0) is 11.2 Å². The average Bonchev–Trinajstić information content (AvgIpc) is 2.75. The maximum absolute atomic E-state index is 12.0. The number of aryl methyl sites for hydroxylation is 1. The van der Waals surface area contributed by atoms with Gasteiger partial charge in [-0.25, -0.2) is 9.78 Å². The summed E-state index contributed by atoms with van der Waals surface area (Å²) < 4.78 is 11.8. The van der Waals surface area contributed by atoms with Crippen molar-refractivity contribution in [2.45, 2.75) is 20.3 Å². The van der Waals surface area contributed by atoms with Crippen molar-refractivity contribution in [2.75, 3.05) is 13.7 Å². The molecule has 5 nitrogen and oxygen atoms in total. The van der Waals surface area contributed by atoms with E-state index in [2.05, 4.69) is 4.98 Å². The summed E-state index contributed by atoms with van der Waals surface area (Å²) >= 11 is 6.08. The summed E-state index contributed by atoms with van der Waals surface area (Å²) in [6.45, 7) is 4.02. The number of fused-ring (bicyclic) bond motifs is 1. The molecule has 0 aliphatic carbocycles. The van der Waals surface area contributed by atoms with E-state index in [1.165, 1.54) is 7.11 Å². The molecular weight excluding hydrogens is 268 g/mol. The first-order chi connectivity index (χ1) is 9.12. The van der Waals surface area contributed by atoms with Gasteiger partial charge in [0.15, 0.2) is 5.69 Å². The number of carbonyl (C=O) groups is 1. The third-order valence-corrected chi connectivity index (χ3v) is 3.06. The fourth-order valence-electron chi connectivity index (χ4n) is 1.91. The van der Waals surface area contributed by atoms with Gasteiger partial charge in [0.05, 0.1) is 24.4 Å². The number of ether oxygens (including phenoxy) is 2. The first-order valence-electron chi connectivity index (χ1n) is 6.03. The standard InChI is InChI=1S/C13H15ClN2O3/c1-4-9-12(13(17)19-5-2)16-7-8(14)10(18-3)6-11(16)15-9/h6-7H,4-5H2,1-3H3. The van der Waals surface area contributed by atoms with Crippen LogP contribution < -0.4 is 4.74 Å². The molecule has 6 heteroatoms. The van der Waals surface area contributed by atoms with E-state index in [-0.39, 0.29) is 0 Å². The molecular formula is C13H15ClN2O3. The smallest absolute Gasteiger partial charge is 0.357 e. The highest BCUT2D eigenvalue weighted by molar-refractivity contribution is 6.32. The van der Waals surface area contributed by atoms with Gasteiger partial charge < -0.3 is 9.47 Å². The van der Waals surface area contributed by atoms with Gasteiger partial charge in [0.25, 0.3) is 0 Å². The van der Waals surface area contributed by atoms with Crippen molar-refractivity contribution in [1.29, 1.82) is 0 Å². The minimum Gasteiger partial charge on any atom is -0.495 e. The van der Waals surface area contributed by atoms with Crippen LogP contribution in [0, 0.1) is 0 Å². The van der Waals surface area contributed by atoms with E-state index < -0.39 is 5.97 Å². The summed E-state index contributed by atoms with van der Waals surface area (Å²) in [7, 11) is 1.54. The van der Waals surface area contributed by atoms with Crippen LogP contribution >= 0.6 is 11.6 Å². The van der Waals surface area contributed by atoms with Gasteiger partial charge in [-0.15, -0.1) is 0 Å². The number of hydrogen-bond donors (Lipinski definition) is 0. The number of aromatic nitrogens is 2.